The van der Waals surface area contributed by atoms with Crippen LogP contribution in [0.1, 0.15) is 48.8 Å². The van der Waals surface area contributed by atoms with Crippen LogP contribution in [-0.2, 0) is 6.42 Å². The van der Waals surface area contributed by atoms with Gasteiger partial charge in [0.05, 0.1) is 23.7 Å². The number of anilines is 3. The number of ether oxygens (including phenoxy) is 1. The fourth-order valence-electron chi connectivity index (χ4n) is 5.59. The third-order valence-corrected chi connectivity index (χ3v) is 8.01. The van der Waals surface area contributed by atoms with Crippen molar-refractivity contribution >= 4 is 45.9 Å². The number of aromatic carboxylic acids is 1. The van der Waals surface area contributed by atoms with Crippen molar-refractivity contribution in [1.82, 2.24) is 19.9 Å². The molecule has 6 N–H and O–H groups in total. The third kappa shape index (κ3) is 6.13. The SMILES string of the molecule is CCc1nc(N)nc(N)c1-c1ccc(Cl)cc1.COc1c(N2CCNC(C)C2)c(F)cc2c(=O)c(C(=O)O)cn(C3CC3)c12. The molecule has 2 fully saturated rings. The molecule has 13 heteroatoms. The smallest absolute Gasteiger partial charge is 0.341 e. The predicted molar refractivity (Wildman–Crippen MR) is 170 cm³/mol. The van der Waals surface area contributed by atoms with Crippen LogP contribution in [0.3, 0.4) is 0 Å². The van der Waals surface area contributed by atoms with Crippen LogP contribution in [0.4, 0.5) is 21.8 Å². The number of piperazine rings is 1. The summed E-state index contributed by atoms with van der Waals surface area (Å²) < 4.78 is 22.5. The number of nitrogens with one attached hydrogen (secondary N) is 1. The number of hydrogen-bond acceptors (Lipinski definition) is 9. The average molecular weight is 624 g/mol. The number of hydrogen-bond donors (Lipinski definition) is 4. The van der Waals surface area contributed by atoms with E-state index in [1.165, 1.54) is 13.3 Å². The molecular weight excluding hydrogens is 589 g/mol. The first-order valence-electron chi connectivity index (χ1n) is 14.4. The molecule has 3 heterocycles. The number of nitrogens with zero attached hydrogens (tertiary/aromatic N) is 4. The molecule has 2 aromatic heterocycles. The van der Waals surface area contributed by atoms with E-state index in [0.29, 0.717) is 40.9 Å². The molecule has 1 aliphatic carbocycles. The lowest BCUT2D eigenvalue weighted by atomic mass is 10.0. The van der Waals surface area contributed by atoms with Crippen molar-refractivity contribution in [2.75, 3.05) is 43.1 Å². The van der Waals surface area contributed by atoms with Crippen molar-refractivity contribution in [2.45, 2.75) is 45.2 Å². The lowest BCUT2D eigenvalue weighted by Gasteiger charge is -2.35. The van der Waals surface area contributed by atoms with Gasteiger partial charge in [-0.2, -0.15) is 4.98 Å². The molecule has 232 valence electrons. The highest BCUT2D eigenvalue weighted by Gasteiger charge is 2.32. The van der Waals surface area contributed by atoms with Crippen molar-refractivity contribution in [3.8, 4) is 16.9 Å². The van der Waals surface area contributed by atoms with E-state index in [9.17, 15) is 14.7 Å². The number of aromatic nitrogens is 3. The van der Waals surface area contributed by atoms with Crippen molar-refractivity contribution in [3.05, 3.63) is 68.8 Å². The topological polar surface area (TPSA) is 162 Å². The van der Waals surface area contributed by atoms with Gasteiger partial charge in [-0.25, -0.2) is 14.2 Å². The highest BCUT2D eigenvalue weighted by molar-refractivity contribution is 6.30. The Morgan fingerprint density at radius 3 is 2.52 bits per heavy atom. The summed E-state index contributed by atoms with van der Waals surface area (Å²) in [4.78, 5) is 34.3. The minimum absolute atomic E-state index is 0.0445. The Kier molecular flexibility index (Phi) is 8.93. The molecule has 44 heavy (non-hydrogen) atoms. The number of pyridine rings is 1. The number of nitrogens with two attached hydrogens (primary N) is 2. The summed E-state index contributed by atoms with van der Waals surface area (Å²) in [5, 5.41) is 13.4. The zero-order valence-electron chi connectivity index (χ0n) is 24.7. The number of benzene rings is 2. The van der Waals surface area contributed by atoms with Gasteiger partial charge in [-0.05, 0) is 49.9 Å². The quantitative estimate of drug-likeness (QED) is 0.240. The summed E-state index contributed by atoms with van der Waals surface area (Å²) in [6.07, 6.45) is 3.89. The van der Waals surface area contributed by atoms with E-state index in [1.807, 2.05) is 43.0 Å². The first-order valence-corrected chi connectivity index (χ1v) is 14.8. The van der Waals surface area contributed by atoms with Crippen LogP contribution in [0.5, 0.6) is 5.75 Å². The number of carbonyl (C=O) groups is 1. The van der Waals surface area contributed by atoms with Gasteiger partial charge in [0, 0.05) is 48.5 Å². The van der Waals surface area contributed by atoms with Gasteiger partial charge in [-0.15, -0.1) is 0 Å². The Morgan fingerprint density at radius 1 is 1.23 bits per heavy atom. The summed E-state index contributed by atoms with van der Waals surface area (Å²) in [6.45, 7) is 5.97. The van der Waals surface area contributed by atoms with E-state index in [-0.39, 0.29) is 29.0 Å². The summed E-state index contributed by atoms with van der Waals surface area (Å²) >= 11 is 5.86. The zero-order valence-corrected chi connectivity index (χ0v) is 25.5. The monoisotopic (exact) mass is 623 g/mol. The average Bonchev–Trinajstić information content (AvgIpc) is 3.83. The van der Waals surface area contributed by atoms with Gasteiger partial charge in [-0.3, -0.25) is 4.79 Å². The van der Waals surface area contributed by atoms with Crippen molar-refractivity contribution in [1.29, 1.82) is 0 Å². The maximum Gasteiger partial charge on any atom is 0.341 e. The minimum Gasteiger partial charge on any atom is -0.492 e. The van der Waals surface area contributed by atoms with Crippen molar-refractivity contribution in [3.63, 3.8) is 0 Å². The van der Waals surface area contributed by atoms with Gasteiger partial charge in [0.2, 0.25) is 11.4 Å². The Morgan fingerprint density at radius 2 is 1.93 bits per heavy atom. The Hall–Kier alpha value is -4.42. The van der Waals surface area contributed by atoms with E-state index in [4.69, 9.17) is 27.8 Å². The number of methoxy groups -OCH3 is 1. The number of nitrogen functional groups attached to an aromatic ring is 2. The lowest BCUT2D eigenvalue weighted by molar-refractivity contribution is 0.0694. The van der Waals surface area contributed by atoms with E-state index in [1.54, 1.807) is 4.57 Å². The Labute approximate surface area is 258 Å². The maximum atomic E-state index is 15.1. The van der Waals surface area contributed by atoms with E-state index >= 15 is 4.39 Å². The van der Waals surface area contributed by atoms with Crippen molar-refractivity contribution in [2.24, 2.45) is 0 Å². The number of carboxylic acids is 1. The molecule has 0 spiro atoms. The molecule has 0 radical (unpaired) electrons. The van der Waals surface area contributed by atoms with Crippen molar-refractivity contribution < 1.29 is 19.0 Å². The van der Waals surface area contributed by atoms with Gasteiger partial charge in [0.1, 0.15) is 17.1 Å². The molecule has 1 atom stereocenters. The van der Waals surface area contributed by atoms with E-state index in [0.717, 1.165) is 48.7 Å². The predicted octanol–water partition coefficient (Wildman–Crippen LogP) is 4.50. The summed E-state index contributed by atoms with van der Waals surface area (Å²) in [5.41, 5.74) is 13.9. The molecule has 1 saturated heterocycles. The van der Waals surface area contributed by atoms with Crippen LogP contribution in [-0.4, -0.2) is 58.4 Å². The van der Waals surface area contributed by atoms with Crippen LogP contribution in [0.25, 0.3) is 22.0 Å². The molecular formula is C31H35ClFN7O4. The summed E-state index contributed by atoms with van der Waals surface area (Å²) in [5.74, 6) is -0.986. The second-order valence-electron chi connectivity index (χ2n) is 10.9. The van der Waals surface area contributed by atoms with E-state index in [2.05, 4.69) is 15.3 Å². The second kappa shape index (κ2) is 12.7. The Bertz CT molecular complexity index is 1780. The number of fused-ring (bicyclic) bond motifs is 1. The molecule has 4 aromatic rings. The number of rotatable bonds is 6. The molecule has 0 bridgehead atoms. The maximum absolute atomic E-state index is 15.1. The number of aryl methyl sites for hydroxylation is 1. The normalized spacial score (nSPS) is 16.4. The third-order valence-electron chi connectivity index (χ3n) is 7.76. The lowest BCUT2D eigenvalue weighted by Crippen LogP contribution is -2.49. The van der Waals surface area contributed by atoms with Crippen LogP contribution < -0.4 is 31.8 Å². The van der Waals surface area contributed by atoms with Crippen LogP contribution in [0.15, 0.2) is 41.3 Å². The molecule has 1 unspecified atom stereocenters. The Balaban J connectivity index is 0.000000195. The van der Waals surface area contributed by atoms with Gasteiger partial charge < -0.3 is 36.1 Å². The van der Waals surface area contributed by atoms with Gasteiger partial charge in [0.25, 0.3) is 0 Å². The standard InChI is InChI=1S/C19H22FN3O4.C12H13ClN4/c1-10-8-22(6-5-21-10)16-14(20)7-12-15(18(16)27-2)23(11-3-4-11)9-13(17(12)24)19(25)26;1-2-9-10(11(14)17-12(15)16-9)7-3-5-8(13)6-4-7/h7,9-11,21H,3-6,8H2,1-2H3,(H,25,26);3-6H,2H2,1H3,(H4,14,15,16,17). The zero-order chi connectivity index (χ0) is 31.7. The minimum atomic E-state index is -1.31. The first-order chi connectivity index (χ1) is 21.0. The largest absolute Gasteiger partial charge is 0.492 e. The highest BCUT2D eigenvalue weighted by atomic mass is 35.5. The molecule has 11 nitrogen and oxygen atoms in total. The molecule has 2 aliphatic rings. The van der Waals surface area contributed by atoms with Gasteiger partial charge in [0.15, 0.2) is 11.6 Å². The van der Waals surface area contributed by atoms with Crippen LogP contribution in [0, 0.1) is 5.82 Å². The summed E-state index contributed by atoms with van der Waals surface area (Å²) in [6, 6.07) is 8.87. The fourth-order valence-corrected chi connectivity index (χ4v) is 5.72. The van der Waals surface area contributed by atoms with Crippen LogP contribution >= 0.6 is 11.6 Å². The molecule has 1 aliphatic heterocycles. The molecule has 1 saturated carbocycles. The highest BCUT2D eigenvalue weighted by Crippen LogP contribution is 2.43. The van der Waals surface area contributed by atoms with Gasteiger partial charge in [-0.1, -0.05) is 30.7 Å². The first kappa shape index (κ1) is 31.0. The number of carboxylic acid groups (broad SMARTS) is 1. The second-order valence-corrected chi connectivity index (χ2v) is 11.3. The molecule has 6 rings (SSSR count). The number of halogens is 2. The van der Waals surface area contributed by atoms with E-state index < -0.39 is 17.2 Å². The molecule has 2 aromatic carbocycles. The molecule has 0 amide bonds. The summed E-state index contributed by atoms with van der Waals surface area (Å²) in [7, 11) is 1.45. The fraction of sp³-hybridized carbons (Fsp3) is 0.355. The van der Waals surface area contributed by atoms with Crippen LogP contribution in [0.2, 0.25) is 5.02 Å². The van der Waals surface area contributed by atoms with Gasteiger partial charge >= 0.3 is 5.97 Å².